The van der Waals surface area contributed by atoms with E-state index in [-0.39, 0.29) is 35.9 Å². The molecule has 31 heavy (non-hydrogen) atoms. The van der Waals surface area contributed by atoms with Crippen LogP contribution in [-0.4, -0.2) is 41.9 Å². The largest absolute Gasteiger partial charge is 0.356 e. The Kier molecular flexibility index (Phi) is 5.87. The lowest BCUT2D eigenvalue weighted by Crippen LogP contribution is -2.29. The van der Waals surface area contributed by atoms with Gasteiger partial charge in [0.25, 0.3) is 11.4 Å². The van der Waals surface area contributed by atoms with Crippen molar-refractivity contribution >= 4 is 16.8 Å². The minimum Gasteiger partial charge on any atom is -0.356 e. The van der Waals surface area contributed by atoms with Crippen LogP contribution in [0.5, 0.6) is 0 Å². The number of nitrogens with zero attached hydrogens (tertiary/aromatic N) is 6. The molecule has 1 aromatic carbocycles. The van der Waals surface area contributed by atoms with E-state index in [1.807, 2.05) is 29.8 Å². The Morgan fingerprint density at radius 2 is 2.03 bits per heavy atom. The summed E-state index contributed by atoms with van der Waals surface area (Å²) in [5.41, 5.74) is 1.98. The van der Waals surface area contributed by atoms with Crippen molar-refractivity contribution in [1.29, 1.82) is 0 Å². The van der Waals surface area contributed by atoms with Crippen molar-refractivity contribution in [3.8, 4) is 11.5 Å². The van der Waals surface area contributed by atoms with Crippen molar-refractivity contribution in [3.05, 3.63) is 58.7 Å². The number of hydrogen-bond donors (Lipinski definition) is 1. The summed E-state index contributed by atoms with van der Waals surface area (Å²) >= 11 is 0. The number of hydrogen-bond acceptors (Lipinski definition) is 7. The summed E-state index contributed by atoms with van der Waals surface area (Å²) in [5.74, 6) is 0.421. The lowest BCUT2D eigenvalue weighted by atomic mass is 10.2. The van der Waals surface area contributed by atoms with Gasteiger partial charge in [0.1, 0.15) is 5.56 Å². The van der Waals surface area contributed by atoms with Crippen molar-refractivity contribution in [2.24, 2.45) is 0 Å². The lowest BCUT2D eigenvalue weighted by molar-refractivity contribution is -0.121. The number of nitrogens with one attached hydrogen (secondary N) is 1. The molecule has 0 saturated heterocycles. The zero-order chi connectivity index (χ0) is 21.8. The number of fused-ring (bicyclic) bond motifs is 1. The van der Waals surface area contributed by atoms with E-state index in [9.17, 15) is 9.59 Å². The molecule has 0 aliphatic rings. The van der Waals surface area contributed by atoms with E-state index >= 15 is 0 Å². The first-order valence-corrected chi connectivity index (χ1v) is 10.1. The number of aryl methyl sites for hydroxylation is 4. The summed E-state index contributed by atoms with van der Waals surface area (Å²) in [7, 11) is 0. The molecule has 0 aliphatic heterocycles. The molecule has 0 atom stereocenters. The van der Waals surface area contributed by atoms with Gasteiger partial charge in [-0.25, -0.2) is 4.98 Å². The first kappa shape index (κ1) is 20.5. The number of amides is 1. The lowest BCUT2D eigenvalue weighted by Gasteiger charge is -2.08. The Balaban J connectivity index is 1.28. The fourth-order valence-corrected chi connectivity index (χ4v) is 3.39. The molecule has 10 heteroatoms. The van der Waals surface area contributed by atoms with Gasteiger partial charge in [0.05, 0.1) is 17.5 Å². The van der Waals surface area contributed by atoms with Gasteiger partial charge in [0.15, 0.2) is 5.82 Å². The van der Waals surface area contributed by atoms with Crippen molar-refractivity contribution in [2.45, 2.75) is 39.8 Å². The van der Waals surface area contributed by atoms with Crippen LogP contribution in [0.4, 0.5) is 0 Å². The number of para-hydroxylation sites is 1. The van der Waals surface area contributed by atoms with Gasteiger partial charge in [-0.15, -0.1) is 0 Å². The highest BCUT2D eigenvalue weighted by atomic mass is 16.5. The molecule has 4 rings (SSSR count). The van der Waals surface area contributed by atoms with Crippen molar-refractivity contribution in [1.82, 2.24) is 34.8 Å². The third kappa shape index (κ3) is 4.52. The van der Waals surface area contributed by atoms with E-state index in [2.05, 4.69) is 31.6 Å². The van der Waals surface area contributed by atoms with Crippen LogP contribution in [0.1, 0.15) is 24.4 Å². The quantitative estimate of drug-likeness (QED) is 0.431. The molecule has 0 radical (unpaired) electrons. The van der Waals surface area contributed by atoms with Crippen LogP contribution >= 0.6 is 0 Å². The van der Waals surface area contributed by atoms with E-state index in [4.69, 9.17) is 4.52 Å². The van der Waals surface area contributed by atoms with Crippen LogP contribution in [0.15, 0.2) is 46.1 Å². The number of carbonyl (C=O) groups is 1. The smallest absolute Gasteiger partial charge is 0.266 e. The number of aromatic nitrogens is 6. The van der Waals surface area contributed by atoms with Gasteiger partial charge >= 0.3 is 0 Å². The maximum absolute atomic E-state index is 12.6. The summed E-state index contributed by atoms with van der Waals surface area (Å²) in [4.78, 5) is 32.9. The molecule has 0 saturated carbocycles. The standard InChI is InChI=1S/C21H23N7O3/c1-14-16-6-3-4-7-18(16)28(25-14)10-5-9-23-19(29)8-11-27-13-22-12-17(21(27)30)20-24-15(2)26-31-20/h3-4,6-7,12-13H,5,8-11H2,1-2H3,(H,23,29). The molecule has 0 fully saturated rings. The van der Waals surface area contributed by atoms with Crippen molar-refractivity contribution < 1.29 is 9.32 Å². The van der Waals surface area contributed by atoms with Crippen LogP contribution in [0, 0.1) is 13.8 Å². The summed E-state index contributed by atoms with van der Waals surface area (Å²) in [6, 6.07) is 8.10. The van der Waals surface area contributed by atoms with Gasteiger partial charge in [-0.2, -0.15) is 10.1 Å². The van der Waals surface area contributed by atoms with E-state index in [0.29, 0.717) is 18.9 Å². The molecule has 3 heterocycles. The average molecular weight is 421 g/mol. The first-order chi connectivity index (χ1) is 15.0. The monoisotopic (exact) mass is 421 g/mol. The maximum Gasteiger partial charge on any atom is 0.266 e. The Hall–Kier alpha value is -3.82. The first-order valence-electron chi connectivity index (χ1n) is 10.1. The second-order valence-electron chi connectivity index (χ2n) is 7.23. The highest BCUT2D eigenvalue weighted by Crippen LogP contribution is 2.17. The highest BCUT2D eigenvalue weighted by Gasteiger charge is 2.14. The van der Waals surface area contributed by atoms with Crippen LogP contribution in [-0.2, 0) is 17.9 Å². The maximum atomic E-state index is 12.6. The summed E-state index contributed by atoms with van der Waals surface area (Å²) in [6.07, 6.45) is 3.70. The molecule has 0 unspecified atom stereocenters. The Labute approximate surface area is 177 Å². The molecule has 0 spiro atoms. The normalized spacial score (nSPS) is 11.2. The third-order valence-electron chi connectivity index (χ3n) is 4.95. The molecule has 0 aliphatic carbocycles. The molecule has 160 valence electrons. The van der Waals surface area contributed by atoms with Crippen LogP contribution in [0.3, 0.4) is 0 Å². The van der Waals surface area contributed by atoms with E-state index in [1.165, 1.54) is 17.1 Å². The molecule has 3 aromatic heterocycles. The molecule has 1 amide bonds. The van der Waals surface area contributed by atoms with E-state index in [0.717, 1.165) is 23.0 Å². The van der Waals surface area contributed by atoms with Gasteiger partial charge in [0, 0.05) is 37.6 Å². The Bertz CT molecular complexity index is 1270. The molecule has 0 bridgehead atoms. The fourth-order valence-electron chi connectivity index (χ4n) is 3.39. The number of rotatable bonds is 8. The molecular formula is C21H23N7O3. The zero-order valence-electron chi connectivity index (χ0n) is 17.4. The topological polar surface area (TPSA) is 121 Å². The highest BCUT2D eigenvalue weighted by molar-refractivity contribution is 5.81. The van der Waals surface area contributed by atoms with Crippen LogP contribution < -0.4 is 10.9 Å². The van der Waals surface area contributed by atoms with Gasteiger partial charge in [-0.05, 0) is 26.3 Å². The average Bonchev–Trinajstić information content (AvgIpc) is 3.34. The van der Waals surface area contributed by atoms with Gasteiger partial charge in [-0.3, -0.25) is 18.8 Å². The van der Waals surface area contributed by atoms with E-state index < -0.39 is 0 Å². The molecule has 1 N–H and O–H groups in total. The SMILES string of the molecule is Cc1noc(-c2cncn(CCC(=O)NCCCn3nc(C)c4ccccc43)c2=O)n1. The predicted octanol–water partition coefficient (Wildman–Crippen LogP) is 1.86. The molecule has 10 nitrogen and oxygen atoms in total. The summed E-state index contributed by atoms with van der Waals surface area (Å²) in [6.45, 7) is 5.11. The second kappa shape index (κ2) is 8.90. The predicted molar refractivity (Wildman–Crippen MR) is 113 cm³/mol. The molecule has 4 aromatic rings. The van der Waals surface area contributed by atoms with Gasteiger partial charge in [-0.1, -0.05) is 23.4 Å². The minimum absolute atomic E-state index is 0.121. The van der Waals surface area contributed by atoms with Crippen molar-refractivity contribution in [3.63, 3.8) is 0 Å². The second-order valence-corrected chi connectivity index (χ2v) is 7.23. The Morgan fingerprint density at radius 3 is 2.84 bits per heavy atom. The number of benzene rings is 1. The number of carbonyl (C=O) groups excluding carboxylic acids is 1. The van der Waals surface area contributed by atoms with Crippen molar-refractivity contribution in [2.75, 3.05) is 6.54 Å². The summed E-state index contributed by atoms with van der Waals surface area (Å²) in [5, 5.41) is 12.3. The van der Waals surface area contributed by atoms with E-state index in [1.54, 1.807) is 6.92 Å². The fraction of sp³-hybridized carbons (Fsp3) is 0.333. The summed E-state index contributed by atoms with van der Waals surface area (Å²) < 4.78 is 8.37. The zero-order valence-corrected chi connectivity index (χ0v) is 17.4. The minimum atomic E-state index is -0.326. The van der Waals surface area contributed by atoms with Gasteiger partial charge < -0.3 is 9.84 Å². The molecular weight excluding hydrogens is 398 g/mol. The third-order valence-corrected chi connectivity index (χ3v) is 4.95. The van der Waals surface area contributed by atoms with Crippen LogP contribution in [0.2, 0.25) is 0 Å². The van der Waals surface area contributed by atoms with Crippen LogP contribution in [0.25, 0.3) is 22.4 Å². The van der Waals surface area contributed by atoms with Gasteiger partial charge in [0.2, 0.25) is 5.91 Å². The Morgan fingerprint density at radius 1 is 1.19 bits per heavy atom.